The quantitative estimate of drug-likeness (QED) is 0.574. The zero-order valence-electron chi connectivity index (χ0n) is 8.96. The molecule has 0 amide bonds. The number of rotatable bonds is 3. The van der Waals surface area contributed by atoms with E-state index in [0.717, 1.165) is 18.4 Å². The van der Waals surface area contributed by atoms with Gasteiger partial charge in [-0.3, -0.25) is 4.79 Å². The Morgan fingerprint density at radius 1 is 1.25 bits per heavy atom. The zero-order valence-corrected chi connectivity index (χ0v) is 8.96. The lowest BCUT2D eigenvalue weighted by Gasteiger charge is -2.11. The van der Waals surface area contributed by atoms with E-state index in [4.69, 9.17) is 9.47 Å². The summed E-state index contributed by atoms with van der Waals surface area (Å²) < 4.78 is 10.6. The molecule has 3 nitrogen and oxygen atoms in total. The van der Waals surface area contributed by atoms with Gasteiger partial charge in [-0.25, -0.2) is 0 Å². The van der Waals surface area contributed by atoms with Crippen molar-refractivity contribution in [2.45, 2.75) is 31.7 Å². The van der Waals surface area contributed by atoms with Gasteiger partial charge in [0, 0.05) is 0 Å². The fourth-order valence-electron chi connectivity index (χ4n) is 2.29. The van der Waals surface area contributed by atoms with Gasteiger partial charge in [-0.05, 0) is 18.4 Å². The molecule has 1 heterocycles. The SMILES string of the molecule is O=C(OCc1ccccc1)[C@H]1C[C@@H]2O[C@@H]2C1. The summed E-state index contributed by atoms with van der Waals surface area (Å²) in [6.45, 7) is 0.381. The molecule has 1 aliphatic heterocycles. The van der Waals surface area contributed by atoms with Crippen molar-refractivity contribution >= 4 is 5.97 Å². The second-order valence-corrected chi connectivity index (χ2v) is 4.47. The maximum atomic E-state index is 11.7. The van der Waals surface area contributed by atoms with Crippen molar-refractivity contribution in [3.05, 3.63) is 35.9 Å². The third-order valence-electron chi connectivity index (χ3n) is 3.28. The summed E-state index contributed by atoms with van der Waals surface area (Å²) in [5, 5.41) is 0. The highest BCUT2D eigenvalue weighted by molar-refractivity contribution is 5.73. The molecule has 1 aliphatic carbocycles. The number of hydrogen-bond donors (Lipinski definition) is 0. The Balaban J connectivity index is 1.50. The van der Waals surface area contributed by atoms with E-state index in [2.05, 4.69) is 0 Å². The minimum Gasteiger partial charge on any atom is -0.461 e. The summed E-state index contributed by atoms with van der Waals surface area (Å²) in [5.74, 6) is -0.00730. The van der Waals surface area contributed by atoms with Crippen LogP contribution < -0.4 is 0 Å². The molecule has 3 heteroatoms. The summed E-state index contributed by atoms with van der Waals surface area (Å²) in [6.07, 6.45) is 2.37. The lowest BCUT2D eigenvalue weighted by Crippen LogP contribution is -2.17. The number of epoxide rings is 1. The standard InChI is InChI=1S/C13H14O3/c14-13(10-6-11-12(7-10)16-11)15-8-9-4-2-1-3-5-9/h1-5,10-12H,6-8H2/t10-,11-,12+. The molecule has 84 valence electrons. The predicted molar refractivity (Wildman–Crippen MR) is 57.6 cm³/mol. The van der Waals surface area contributed by atoms with Crippen molar-refractivity contribution in [3.8, 4) is 0 Å². The Labute approximate surface area is 94.4 Å². The molecule has 3 rings (SSSR count). The average molecular weight is 218 g/mol. The number of ether oxygens (including phenoxy) is 2. The van der Waals surface area contributed by atoms with Gasteiger partial charge < -0.3 is 9.47 Å². The van der Waals surface area contributed by atoms with Crippen molar-refractivity contribution in [1.82, 2.24) is 0 Å². The molecule has 1 saturated carbocycles. The van der Waals surface area contributed by atoms with E-state index in [9.17, 15) is 4.79 Å². The van der Waals surface area contributed by atoms with E-state index >= 15 is 0 Å². The fraction of sp³-hybridized carbons (Fsp3) is 0.462. The maximum Gasteiger partial charge on any atom is 0.309 e. The molecule has 0 spiro atoms. The number of benzene rings is 1. The van der Waals surface area contributed by atoms with Crippen LogP contribution >= 0.6 is 0 Å². The molecule has 2 aliphatic rings. The topological polar surface area (TPSA) is 38.8 Å². The van der Waals surface area contributed by atoms with Gasteiger partial charge in [0.15, 0.2) is 0 Å². The van der Waals surface area contributed by atoms with E-state index in [-0.39, 0.29) is 11.9 Å². The van der Waals surface area contributed by atoms with E-state index in [1.807, 2.05) is 30.3 Å². The van der Waals surface area contributed by atoms with Crippen molar-refractivity contribution in [2.24, 2.45) is 5.92 Å². The highest BCUT2D eigenvalue weighted by atomic mass is 16.6. The van der Waals surface area contributed by atoms with E-state index in [0.29, 0.717) is 18.8 Å². The smallest absolute Gasteiger partial charge is 0.309 e. The third kappa shape index (κ3) is 1.95. The molecule has 2 fully saturated rings. The fourth-order valence-corrected chi connectivity index (χ4v) is 2.29. The molecule has 1 aromatic rings. The Kier molecular flexibility index (Phi) is 2.40. The van der Waals surface area contributed by atoms with E-state index < -0.39 is 0 Å². The molecule has 0 bridgehead atoms. The molecule has 0 radical (unpaired) electrons. The summed E-state index contributed by atoms with van der Waals surface area (Å²) >= 11 is 0. The summed E-state index contributed by atoms with van der Waals surface area (Å²) in [4.78, 5) is 11.7. The van der Waals surface area contributed by atoms with Crippen LogP contribution in [0, 0.1) is 5.92 Å². The van der Waals surface area contributed by atoms with Gasteiger partial charge in [0.1, 0.15) is 6.61 Å². The number of hydrogen-bond acceptors (Lipinski definition) is 3. The number of carbonyl (C=O) groups is 1. The van der Waals surface area contributed by atoms with Gasteiger partial charge in [-0.1, -0.05) is 30.3 Å². The molecule has 0 N–H and O–H groups in total. The molecule has 16 heavy (non-hydrogen) atoms. The number of fused-ring (bicyclic) bond motifs is 1. The first-order valence-corrected chi connectivity index (χ1v) is 5.69. The lowest BCUT2D eigenvalue weighted by molar-refractivity contribution is -0.150. The third-order valence-corrected chi connectivity index (χ3v) is 3.28. The molecule has 0 unspecified atom stereocenters. The maximum absolute atomic E-state index is 11.7. The van der Waals surface area contributed by atoms with E-state index in [1.165, 1.54) is 0 Å². The Morgan fingerprint density at radius 2 is 1.94 bits per heavy atom. The summed E-state index contributed by atoms with van der Waals surface area (Å²) in [5.41, 5.74) is 1.04. The molecule has 1 saturated heterocycles. The van der Waals surface area contributed by atoms with Crippen LogP contribution in [0.1, 0.15) is 18.4 Å². The molecular weight excluding hydrogens is 204 g/mol. The minimum atomic E-state index is -0.0698. The van der Waals surface area contributed by atoms with Gasteiger partial charge in [0.2, 0.25) is 0 Å². The first-order chi connectivity index (χ1) is 7.83. The highest BCUT2D eigenvalue weighted by Gasteiger charge is 2.50. The average Bonchev–Trinajstić information content (AvgIpc) is 2.94. The molecule has 0 aromatic heterocycles. The zero-order chi connectivity index (χ0) is 11.0. The lowest BCUT2D eigenvalue weighted by atomic mass is 10.1. The van der Waals surface area contributed by atoms with Crippen LogP contribution in [-0.2, 0) is 20.9 Å². The minimum absolute atomic E-state index is 0.0625. The number of carbonyl (C=O) groups excluding carboxylic acids is 1. The van der Waals surface area contributed by atoms with Gasteiger partial charge in [0.25, 0.3) is 0 Å². The summed E-state index contributed by atoms with van der Waals surface area (Å²) in [7, 11) is 0. The van der Waals surface area contributed by atoms with Crippen LogP contribution in [-0.4, -0.2) is 18.2 Å². The normalized spacial score (nSPS) is 30.9. The van der Waals surface area contributed by atoms with Gasteiger partial charge in [0.05, 0.1) is 18.1 Å². The Morgan fingerprint density at radius 3 is 2.62 bits per heavy atom. The van der Waals surface area contributed by atoms with Gasteiger partial charge in [-0.2, -0.15) is 0 Å². The summed E-state index contributed by atoms with van der Waals surface area (Å²) in [6, 6.07) is 9.77. The van der Waals surface area contributed by atoms with Crippen LogP contribution in [0.3, 0.4) is 0 Å². The second kappa shape index (κ2) is 3.91. The second-order valence-electron chi connectivity index (χ2n) is 4.47. The molecular formula is C13H14O3. The molecule has 1 aromatic carbocycles. The van der Waals surface area contributed by atoms with Gasteiger partial charge in [-0.15, -0.1) is 0 Å². The molecule has 3 atom stereocenters. The van der Waals surface area contributed by atoms with Crippen molar-refractivity contribution in [1.29, 1.82) is 0 Å². The first kappa shape index (κ1) is 9.85. The highest BCUT2D eigenvalue weighted by Crippen LogP contribution is 2.42. The van der Waals surface area contributed by atoms with Crippen LogP contribution in [0.25, 0.3) is 0 Å². The largest absolute Gasteiger partial charge is 0.461 e. The van der Waals surface area contributed by atoms with Crippen LogP contribution in [0.2, 0.25) is 0 Å². The predicted octanol–water partition coefficient (Wildman–Crippen LogP) is 1.91. The number of esters is 1. The van der Waals surface area contributed by atoms with Crippen LogP contribution in [0.5, 0.6) is 0 Å². The van der Waals surface area contributed by atoms with Gasteiger partial charge >= 0.3 is 5.97 Å². The first-order valence-electron chi connectivity index (χ1n) is 5.69. The Hall–Kier alpha value is -1.35. The van der Waals surface area contributed by atoms with Crippen molar-refractivity contribution in [2.75, 3.05) is 0 Å². The van der Waals surface area contributed by atoms with Crippen molar-refractivity contribution < 1.29 is 14.3 Å². The van der Waals surface area contributed by atoms with E-state index in [1.54, 1.807) is 0 Å². The van der Waals surface area contributed by atoms with Crippen molar-refractivity contribution in [3.63, 3.8) is 0 Å². The monoisotopic (exact) mass is 218 g/mol. The van der Waals surface area contributed by atoms with Crippen LogP contribution in [0.4, 0.5) is 0 Å². The van der Waals surface area contributed by atoms with Crippen LogP contribution in [0.15, 0.2) is 30.3 Å². The Bertz CT molecular complexity index is 377.